The van der Waals surface area contributed by atoms with Crippen molar-refractivity contribution in [2.75, 3.05) is 19.7 Å². The smallest absolute Gasteiger partial charge is 0.269 e. The van der Waals surface area contributed by atoms with Gasteiger partial charge in [0.15, 0.2) is 5.11 Å². The number of hydrogen-bond acceptors (Lipinski definition) is 5. The summed E-state index contributed by atoms with van der Waals surface area (Å²) in [6.07, 6.45) is 1.51. The molecule has 0 saturated carbocycles. The Kier molecular flexibility index (Phi) is 6.05. The van der Waals surface area contributed by atoms with E-state index in [1.165, 1.54) is 24.3 Å². The zero-order valence-corrected chi connectivity index (χ0v) is 12.8. The van der Waals surface area contributed by atoms with Crippen LogP contribution in [0.3, 0.4) is 0 Å². The second-order valence-electron chi connectivity index (χ2n) is 5.09. The summed E-state index contributed by atoms with van der Waals surface area (Å²) in [7, 11) is 0. The average Bonchev–Trinajstić information content (AvgIpc) is 3.04. The van der Waals surface area contributed by atoms with Gasteiger partial charge in [-0.1, -0.05) is 0 Å². The minimum atomic E-state index is -0.789. The van der Waals surface area contributed by atoms with Crippen LogP contribution >= 0.6 is 12.2 Å². The topological polar surface area (TPSA) is 96.7 Å². The third kappa shape index (κ3) is 4.90. The third-order valence-electron chi connectivity index (χ3n) is 3.46. The highest BCUT2D eigenvalue weighted by Gasteiger charge is 2.15. The first kappa shape index (κ1) is 16.6. The minimum Gasteiger partial charge on any atom is -0.387 e. The number of rotatable bonds is 6. The minimum absolute atomic E-state index is 0.00217. The quantitative estimate of drug-likeness (QED) is 0.412. The van der Waals surface area contributed by atoms with Gasteiger partial charge in [0.2, 0.25) is 0 Å². The molecule has 1 aromatic carbocycles. The second kappa shape index (κ2) is 8.02. The average molecular weight is 325 g/mol. The molecule has 7 nitrogen and oxygen atoms in total. The van der Waals surface area contributed by atoms with Gasteiger partial charge in [-0.05, 0) is 42.8 Å². The van der Waals surface area contributed by atoms with E-state index in [1.807, 2.05) is 0 Å². The first-order valence-electron chi connectivity index (χ1n) is 7.12. The number of nitrogens with one attached hydrogen (secondary N) is 2. The molecule has 8 heteroatoms. The van der Waals surface area contributed by atoms with Crippen molar-refractivity contribution in [3.8, 4) is 0 Å². The maximum absolute atomic E-state index is 10.6. The molecule has 3 N–H and O–H groups in total. The Labute approximate surface area is 133 Å². The number of nitro benzene ring substituents is 1. The summed E-state index contributed by atoms with van der Waals surface area (Å²) in [6, 6.07) is 5.81. The van der Waals surface area contributed by atoms with Gasteiger partial charge >= 0.3 is 0 Å². The largest absolute Gasteiger partial charge is 0.387 e. The van der Waals surface area contributed by atoms with Crippen LogP contribution in [-0.2, 0) is 4.74 Å². The Bertz CT molecular complexity index is 517. The summed E-state index contributed by atoms with van der Waals surface area (Å²) in [4.78, 5) is 10.1. The van der Waals surface area contributed by atoms with Crippen molar-refractivity contribution in [3.63, 3.8) is 0 Å². The first-order chi connectivity index (χ1) is 10.6. The molecule has 0 aromatic heterocycles. The normalized spacial score (nSPS) is 18.7. The second-order valence-corrected chi connectivity index (χ2v) is 5.50. The van der Waals surface area contributed by atoms with Crippen LogP contribution in [0.1, 0.15) is 24.5 Å². The summed E-state index contributed by atoms with van der Waals surface area (Å²) < 4.78 is 5.47. The number of hydrogen-bond donors (Lipinski definition) is 3. The molecule has 1 aliphatic heterocycles. The number of ether oxygens (including phenoxy) is 1. The standard InChI is InChI=1S/C14H19N3O4S/c18-13(10-3-5-11(6-4-10)17(19)20)9-16-14(22)15-8-12-2-1-7-21-12/h3-6,12-13,18H,1-2,7-9H2,(H2,15,16,22)/t12-,13+/m0/s1. The Morgan fingerprint density at radius 1 is 1.45 bits per heavy atom. The maximum Gasteiger partial charge on any atom is 0.269 e. The molecule has 2 rings (SSSR count). The highest BCUT2D eigenvalue weighted by molar-refractivity contribution is 7.80. The van der Waals surface area contributed by atoms with E-state index < -0.39 is 11.0 Å². The maximum atomic E-state index is 10.6. The molecule has 0 spiro atoms. The van der Waals surface area contributed by atoms with E-state index in [9.17, 15) is 15.2 Å². The van der Waals surface area contributed by atoms with E-state index in [1.54, 1.807) is 0 Å². The molecule has 1 saturated heterocycles. The zero-order valence-electron chi connectivity index (χ0n) is 12.0. The van der Waals surface area contributed by atoms with Crippen molar-refractivity contribution in [3.05, 3.63) is 39.9 Å². The lowest BCUT2D eigenvalue weighted by atomic mass is 10.1. The van der Waals surface area contributed by atoms with Gasteiger partial charge in [0, 0.05) is 31.8 Å². The Morgan fingerprint density at radius 2 is 2.18 bits per heavy atom. The highest BCUT2D eigenvalue weighted by Crippen LogP contribution is 2.17. The van der Waals surface area contributed by atoms with Crippen LogP contribution in [0.15, 0.2) is 24.3 Å². The highest BCUT2D eigenvalue weighted by atomic mass is 32.1. The molecule has 22 heavy (non-hydrogen) atoms. The van der Waals surface area contributed by atoms with Gasteiger partial charge in [-0.2, -0.15) is 0 Å². The summed E-state index contributed by atoms with van der Waals surface area (Å²) in [5, 5.41) is 27.0. The van der Waals surface area contributed by atoms with Gasteiger partial charge in [-0.25, -0.2) is 0 Å². The van der Waals surface area contributed by atoms with Crippen LogP contribution in [0.4, 0.5) is 5.69 Å². The number of aliphatic hydroxyl groups excluding tert-OH is 1. The molecule has 1 fully saturated rings. The van der Waals surface area contributed by atoms with Gasteiger partial charge in [0.05, 0.1) is 17.1 Å². The van der Waals surface area contributed by atoms with Crippen molar-refractivity contribution in [2.24, 2.45) is 0 Å². The number of nitrogens with zero attached hydrogens (tertiary/aromatic N) is 1. The van der Waals surface area contributed by atoms with E-state index in [4.69, 9.17) is 17.0 Å². The van der Waals surface area contributed by atoms with Gasteiger partial charge in [-0.3, -0.25) is 10.1 Å². The van der Waals surface area contributed by atoms with Gasteiger partial charge in [0.1, 0.15) is 0 Å². The number of aliphatic hydroxyl groups is 1. The summed E-state index contributed by atoms with van der Waals surface area (Å²) in [5.74, 6) is 0. The molecule has 0 unspecified atom stereocenters. The van der Waals surface area contributed by atoms with E-state index in [-0.39, 0.29) is 18.3 Å². The van der Waals surface area contributed by atoms with E-state index in [0.29, 0.717) is 17.2 Å². The lowest BCUT2D eigenvalue weighted by molar-refractivity contribution is -0.384. The van der Waals surface area contributed by atoms with Crippen molar-refractivity contribution in [1.82, 2.24) is 10.6 Å². The fourth-order valence-electron chi connectivity index (χ4n) is 2.20. The van der Waals surface area contributed by atoms with Crippen molar-refractivity contribution >= 4 is 23.0 Å². The summed E-state index contributed by atoms with van der Waals surface area (Å²) in [6.45, 7) is 1.68. The Hall–Kier alpha value is -1.77. The molecule has 0 amide bonds. The van der Waals surface area contributed by atoms with Crippen LogP contribution < -0.4 is 10.6 Å². The number of nitro groups is 1. The van der Waals surface area contributed by atoms with E-state index in [0.717, 1.165) is 19.4 Å². The lowest BCUT2D eigenvalue weighted by Crippen LogP contribution is -2.40. The molecular formula is C14H19N3O4S. The molecule has 1 aromatic rings. The third-order valence-corrected chi connectivity index (χ3v) is 3.75. The summed E-state index contributed by atoms with van der Waals surface area (Å²) in [5.41, 5.74) is 0.595. The fourth-order valence-corrected chi connectivity index (χ4v) is 2.37. The molecule has 120 valence electrons. The number of thiocarbonyl (C=S) groups is 1. The molecule has 1 aliphatic rings. The molecular weight excluding hydrogens is 306 g/mol. The fraction of sp³-hybridized carbons (Fsp3) is 0.500. The molecule has 0 aliphatic carbocycles. The van der Waals surface area contributed by atoms with E-state index in [2.05, 4.69) is 10.6 Å². The Balaban J connectivity index is 1.72. The number of benzene rings is 1. The first-order valence-corrected chi connectivity index (χ1v) is 7.53. The van der Waals surface area contributed by atoms with Crippen molar-refractivity contribution < 1.29 is 14.8 Å². The Morgan fingerprint density at radius 3 is 2.77 bits per heavy atom. The summed E-state index contributed by atoms with van der Waals surface area (Å²) >= 11 is 5.13. The van der Waals surface area contributed by atoms with Crippen LogP contribution in [0, 0.1) is 10.1 Å². The van der Waals surface area contributed by atoms with Crippen molar-refractivity contribution in [2.45, 2.75) is 25.0 Å². The lowest BCUT2D eigenvalue weighted by Gasteiger charge is -2.16. The predicted octanol–water partition coefficient (Wildman–Crippen LogP) is 1.27. The van der Waals surface area contributed by atoms with Gasteiger partial charge in [0.25, 0.3) is 5.69 Å². The van der Waals surface area contributed by atoms with Crippen molar-refractivity contribution in [1.29, 1.82) is 0 Å². The van der Waals surface area contributed by atoms with Gasteiger partial charge < -0.3 is 20.5 Å². The monoisotopic (exact) mass is 325 g/mol. The van der Waals surface area contributed by atoms with Crippen LogP contribution in [0.5, 0.6) is 0 Å². The molecule has 1 heterocycles. The SMILES string of the molecule is O=[N+]([O-])c1ccc([C@H](O)CNC(=S)NC[C@@H]2CCCO2)cc1. The molecule has 0 bridgehead atoms. The van der Waals surface area contributed by atoms with E-state index >= 15 is 0 Å². The van der Waals surface area contributed by atoms with Crippen LogP contribution in [-0.4, -0.2) is 40.9 Å². The molecule has 0 radical (unpaired) electrons. The predicted molar refractivity (Wildman–Crippen MR) is 85.6 cm³/mol. The van der Waals surface area contributed by atoms with Crippen LogP contribution in [0.25, 0.3) is 0 Å². The molecule has 2 atom stereocenters. The number of non-ortho nitro benzene ring substituents is 1. The van der Waals surface area contributed by atoms with Crippen LogP contribution in [0.2, 0.25) is 0 Å². The zero-order chi connectivity index (χ0) is 15.9. The van der Waals surface area contributed by atoms with Gasteiger partial charge in [-0.15, -0.1) is 0 Å².